The fourth-order valence-corrected chi connectivity index (χ4v) is 3.08. The number of benzene rings is 1. The molecule has 0 aliphatic heterocycles. The van der Waals surface area contributed by atoms with Crippen molar-refractivity contribution in [1.29, 1.82) is 0 Å². The standard InChI is InChI=1S/C15H21BrFN/c1-10-6-7-13(8-11(10)2)18-9-12-4-3-5-14(17)15(12)16/h3-5,10-11,13,18H,6-9H2,1-2H3. The molecule has 0 radical (unpaired) electrons. The Balaban J connectivity index is 1.90. The first-order valence-electron chi connectivity index (χ1n) is 6.74. The molecule has 1 nitrogen and oxygen atoms in total. The molecule has 0 saturated heterocycles. The van der Waals surface area contributed by atoms with Crippen molar-refractivity contribution >= 4 is 15.9 Å². The van der Waals surface area contributed by atoms with E-state index in [9.17, 15) is 4.39 Å². The van der Waals surface area contributed by atoms with Crippen LogP contribution in [0.25, 0.3) is 0 Å². The zero-order valence-electron chi connectivity index (χ0n) is 11.0. The van der Waals surface area contributed by atoms with Gasteiger partial charge < -0.3 is 5.32 Å². The second kappa shape index (κ2) is 6.16. The topological polar surface area (TPSA) is 12.0 Å². The molecule has 1 fully saturated rings. The minimum Gasteiger partial charge on any atom is -0.310 e. The van der Waals surface area contributed by atoms with E-state index in [0.29, 0.717) is 10.5 Å². The molecule has 0 amide bonds. The van der Waals surface area contributed by atoms with E-state index >= 15 is 0 Å². The van der Waals surface area contributed by atoms with Gasteiger partial charge in [-0.25, -0.2) is 4.39 Å². The smallest absolute Gasteiger partial charge is 0.137 e. The second-order valence-electron chi connectivity index (χ2n) is 5.56. The molecule has 1 aromatic carbocycles. The molecule has 0 spiro atoms. The second-order valence-corrected chi connectivity index (χ2v) is 6.35. The summed E-state index contributed by atoms with van der Waals surface area (Å²) in [5.74, 6) is 1.44. The summed E-state index contributed by atoms with van der Waals surface area (Å²) >= 11 is 3.31. The van der Waals surface area contributed by atoms with E-state index in [2.05, 4.69) is 35.1 Å². The van der Waals surface area contributed by atoms with Crippen LogP contribution in [0.1, 0.15) is 38.7 Å². The zero-order chi connectivity index (χ0) is 13.1. The molecule has 2 rings (SSSR count). The summed E-state index contributed by atoms with van der Waals surface area (Å²) in [6.07, 6.45) is 3.76. The fourth-order valence-electron chi connectivity index (χ4n) is 2.67. The van der Waals surface area contributed by atoms with Crippen LogP contribution in [0.5, 0.6) is 0 Å². The van der Waals surface area contributed by atoms with Crippen LogP contribution in [0.3, 0.4) is 0 Å². The largest absolute Gasteiger partial charge is 0.310 e. The molecule has 3 heteroatoms. The van der Waals surface area contributed by atoms with Gasteiger partial charge in [0, 0.05) is 12.6 Å². The van der Waals surface area contributed by atoms with E-state index in [1.54, 1.807) is 6.07 Å². The lowest BCUT2D eigenvalue weighted by molar-refractivity contribution is 0.225. The molecule has 0 bridgehead atoms. The number of nitrogens with one attached hydrogen (secondary N) is 1. The number of rotatable bonds is 3. The maximum absolute atomic E-state index is 13.4. The van der Waals surface area contributed by atoms with E-state index in [1.807, 2.05) is 6.07 Å². The third-order valence-electron chi connectivity index (χ3n) is 4.21. The van der Waals surface area contributed by atoms with Crippen molar-refractivity contribution in [3.63, 3.8) is 0 Å². The van der Waals surface area contributed by atoms with Gasteiger partial charge in [-0.3, -0.25) is 0 Å². The van der Waals surface area contributed by atoms with Crippen molar-refractivity contribution in [2.75, 3.05) is 0 Å². The molecule has 0 aromatic heterocycles. The van der Waals surface area contributed by atoms with Gasteiger partial charge in [0.25, 0.3) is 0 Å². The highest BCUT2D eigenvalue weighted by Gasteiger charge is 2.24. The van der Waals surface area contributed by atoms with Gasteiger partial charge in [-0.05, 0) is 58.7 Å². The monoisotopic (exact) mass is 313 g/mol. The van der Waals surface area contributed by atoms with Crippen molar-refractivity contribution in [3.05, 3.63) is 34.1 Å². The van der Waals surface area contributed by atoms with E-state index < -0.39 is 0 Å². The summed E-state index contributed by atoms with van der Waals surface area (Å²) in [5, 5.41) is 3.56. The Bertz CT molecular complexity index is 407. The number of hydrogen-bond donors (Lipinski definition) is 1. The summed E-state index contributed by atoms with van der Waals surface area (Å²) in [6, 6.07) is 5.79. The summed E-state index contributed by atoms with van der Waals surface area (Å²) in [4.78, 5) is 0. The Morgan fingerprint density at radius 1 is 1.28 bits per heavy atom. The van der Waals surface area contributed by atoms with Crippen LogP contribution >= 0.6 is 15.9 Å². The predicted molar refractivity (Wildman–Crippen MR) is 76.9 cm³/mol. The van der Waals surface area contributed by atoms with Gasteiger partial charge in [0.15, 0.2) is 0 Å². The van der Waals surface area contributed by atoms with Crippen LogP contribution in [0, 0.1) is 17.7 Å². The van der Waals surface area contributed by atoms with Gasteiger partial charge in [0.05, 0.1) is 4.47 Å². The number of hydrogen-bond acceptors (Lipinski definition) is 1. The van der Waals surface area contributed by atoms with Gasteiger partial charge in [-0.1, -0.05) is 26.0 Å². The Morgan fingerprint density at radius 3 is 2.78 bits per heavy atom. The maximum atomic E-state index is 13.4. The highest BCUT2D eigenvalue weighted by atomic mass is 79.9. The molecule has 1 aliphatic rings. The van der Waals surface area contributed by atoms with Crippen LogP contribution in [0.4, 0.5) is 4.39 Å². The first kappa shape index (κ1) is 14.0. The summed E-state index contributed by atoms with van der Waals surface area (Å²) in [6.45, 7) is 5.41. The van der Waals surface area contributed by atoms with Crippen molar-refractivity contribution in [2.45, 2.75) is 45.7 Å². The Kier molecular flexibility index (Phi) is 4.79. The zero-order valence-corrected chi connectivity index (χ0v) is 12.6. The van der Waals surface area contributed by atoms with Gasteiger partial charge in [-0.2, -0.15) is 0 Å². The Labute approximate surface area is 117 Å². The van der Waals surface area contributed by atoms with Gasteiger partial charge >= 0.3 is 0 Å². The highest BCUT2D eigenvalue weighted by Crippen LogP contribution is 2.29. The van der Waals surface area contributed by atoms with Gasteiger partial charge in [0.2, 0.25) is 0 Å². The molecule has 1 aliphatic carbocycles. The van der Waals surface area contributed by atoms with Gasteiger partial charge in [-0.15, -0.1) is 0 Å². The molecule has 1 saturated carbocycles. The molecule has 100 valence electrons. The maximum Gasteiger partial charge on any atom is 0.137 e. The normalized spacial score (nSPS) is 28.3. The van der Waals surface area contributed by atoms with Crippen molar-refractivity contribution < 1.29 is 4.39 Å². The molecule has 1 N–H and O–H groups in total. The molecule has 1 aromatic rings. The van der Waals surface area contributed by atoms with Crippen molar-refractivity contribution in [3.8, 4) is 0 Å². The number of halogens is 2. The first-order chi connectivity index (χ1) is 8.58. The van der Waals surface area contributed by atoms with E-state index in [1.165, 1.54) is 25.3 Å². The van der Waals surface area contributed by atoms with E-state index in [0.717, 1.165) is 23.9 Å². The van der Waals surface area contributed by atoms with Gasteiger partial charge in [0.1, 0.15) is 5.82 Å². The first-order valence-corrected chi connectivity index (χ1v) is 7.53. The lowest BCUT2D eigenvalue weighted by atomic mass is 9.79. The summed E-state index contributed by atoms with van der Waals surface area (Å²) < 4.78 is 14.0. The van der Waals surface area contributed by atoms with Crippen LogP contribution in [-0.4, -0.2) is 6.04 Å². The molecule has 18 heavy (non-hydrogen) atoms. The summed E-state index contributed by atoms with van der Waals surface area (Å²) in [7, 11) is 0. The minimum atomic E-state index is -0.181. The molecule has 3 unspecified atom stereocenters. The Morgan fingerprint density at radius 2 is 2.06 bits per heavy atom. The average molecular weight is 314 g/mol. The minimum absolute atomic E-state index is 0.181. The summed E-state index contributed by atoms with van der Waals surface area (Å²) in [5.41, 5.74) is 1.00. The lowest BCUT2D eigenvalue weighted by Gasteiger charge is -2.32. The average Bonchev–Trinajstić information content (AvgIpc) is 2.35. The Hall–Kier alpha value is -0.410. The van der Waals surface area contributed by atoms with E-state index in [4.69, 9.17) is 0 Å². The quantitative estimate of drug-likeness (QED) is 0.866. The molecular formula is C15H21BrFN. The van der Waals surface area contributed by atoms with E-state index in [-0.39, 0.29) is 5.82 Å². The fraction of sp³-hybridized carbons (Fsp3) is 0.600. The van der Waals surface area contributed by atoms with Crippen LogP contribution < -0.4 is 5.32 Å². The SMILES string of the molecule is CC1CCC(NCc2cccc(F)c2Br)CC1C. The molecule has 3 atom stereocenters. The van der Waals surface area contributed by atoms with Crippen LogP contribution in [0.15, 0.2) is 22.7 Å². The van der Waals surface area contributed by atoms with Crippen molar-refractivity contribution in [1.82, 2.24) is 5.32 Å². The van der Waals surface area contributed by atoms with Crippen LogP contribution in [-0.2, 0) is 6.54 Å². The lowest BCUT2D eigenvalue weighted by Crippen LogP contribution is -2.35. The molecule has 0 heterocycles. The van der Waals surface area contributed by atoms with Crippen molar-refractivity contribution in [2.24, 2.45) is 11.8 Å². The third-order valence-corrected chi connectivity index (χ3v) is 5.10. The third kappa shape index (κ3) is 3.33. The van der Waals surface area contributed by atoms with Crippen LogP contribution in [0.2, 0.25) is 0 Å². The highest BCUT2D eigenvalue weighted by molar-refractivity contribution is 9.10. The molecular weight excluding hydrogens is 293 g/mol. The predicted octanol–water partition coefficient (Wildman–Crippen LogP) is 4.50.